The van der Waals surface area contributed by atoms with Gasteiger partial charge in [0.2, 0.25) is 5.91 Å². The quantitative estimate of drug-likeness (QED) is 0.367. The molecule has 1 amide bonds. The maximum atomic E-state index is 12.7. The van der Waals surface area contributed by atoms with Gasteiger partial charge in [-0.15, -0.1) is 11.3 Å². The molecule has 1 atom stereocenters. The molecule has 0 saturated carbocycles. The van der Waals surface area contributed by atoms with E-state index >= 15 is 0 Å². The van der Waals surface area contributed by atoms with Gasteiger partial charge in [-0.3, -0.25) is 4.79 Å². The molecule has 0 aliphatic rings. The number of amides is 1. The fourth-order valence-corrected chi connectivity index (χ4v) is 4.56. The van der Waals surface area contributed by atoms with Gasteiger partial charge in [0.05, 0.1) is 16.5 Å². The lowest BCUT2D eigenvalue weighted by atomic mass is 10.2. The van der Waals surface area contributed by atoms with Crippen molar-refractivity contribution >= 4 is 50.1 Å². The number of nitriles is 1. The summed E-state index contributed by atoms with van der Waals surface area (Å²) in [7, 11) is 0. The van der Waals surface area contributed by atoms with Crippen LogP contribution in [-0.2, 0) is 11.2 Å². The molecule has 8 heteroatoms. The third-order valence-electron chi connectivity index (χ3n) is 4.36. The van der Waals surface area contributed by atoms with Crippen molar-refractivity contribution < 1.29 is 4.79 Å². The van der Waals surface area contributed by atoms with Crippen LogP contribution in [0.3, 0.4) is 0 Å². The van der Waals surface area contributed by atoms with E-state index in [4.69, 9.17) is 0 Å². The molecule has 5 nitrogen and oxygen atoms in total. The number of nitrogens with zero attached hydrogens (tertiary/aromatic N) is 3. The fourth-order valence-electron chi connectivity index (χ4n) is 2.66. The zero-order valence-electron chi connectivity index (χ0n) is 16.7. The van der Waals surface area contributed by atoms with Crippen LogP contribution in [0.1, 0.15) is 37.9 Å². The first kappa shape index (κ1) is 22.5. The molecule has 2 aromatic heterocycles. The minimum atomic E-state index is -0.411. The first-order valence-electron chi connectivity index (χ1n) is 9.59. The Morgan fingerprint density at radius 3 is 2.73 bits per heavy atom. The molecule has 0 aliphatic carbocycles. The van der Waals surface area contributed by atoms with Gasteiger partial charge in [-0.25, -0.2) is 9.97 Å². The molecule has 0 aliphatic heterocycles. The van der Waals surface area contributed by atoms with E-state index in [9.17, 15) is 10.1 Å². The number of carbonyl (C=O) groups is 1. The van der Waals surface area contributed by atoms with E-state index in [1.165, 1.54) is 23.1 Å². The van der Waals surface area contributed by atoms with Crippen LogP contribution in [0.2, 0.25) is 0 Å². The monoisotopic (exact) mass is 500 g/mol. The van der Waals surface area contributed by atoms with Gasteiger partial charge < -0.3 is 5.32 Å². The Hall–Kier alpha value is -2.21. The van der Waals surface area contributed by atoms with Crippen molar-refractivity contribution in [2.45, 2.75) is 43.4 Å². The van der Waals surface area contributed by atoms with E-state index in [-0.39, 0.29) is 5.91 Å². The van der Waals surface area contributed by atoms with Gasteiger partial charge >= 0.3 is 0 Å². The average molecular weight is 501 g/mol. The number of benzene rings is 1. The predicted octanol–water partition coefficient (Wildman–Crippen LogP) is 6.30. The number of hydrogen-bond donors (Lipinski definition) is 1. The van der Waals surface area contributed by atoms with Gasteiger partial charge in [-0.05, 0) is 44.0 Å². The SMILES string of the molecule is CCCCc1ccc(C#N)c(SC(C)C(=O)Nc2nc(-c3ccc(Br)cc3)cs2)n1. The van der Waals surface area contributed by atoms with Crippen molar-refractivity contribution in [3.63, 3.8) is 0 Å². The van der Waals surface area contributed by atoms with Crippen LogP contribution in [0.5, 0.6) is 0 Å². The van der Waals surface area contributed by atoms with Crippen LogP contribution in [0, 0.1) is 11.3 Å². The number of thioether (sulfide) groups is 1. The summed E-state index contributed by atoms with van der Waals surface area (Å²) in [6, 6.07) is 13.7. The molecule has 1 N–H and O–H groups in total. The zero-order chi connectivity index (χ0) is 21.5. The summed E-state index contributed by atoms with van der Waals surface area (Å²) >= 11 is 6.11. The summed E-state index contributed by atoms with van der Waals surface area (Å²) < 4.78 is 1.00. The van der Waals surface area contributed by atoms with E-state index in [1.807, 2.05) is 42.6 Å². The van der Waals surface area contributed by atoms with Gasteiger partial charge in [-0.1, -0.05) is 53.2 Å². The van der Waals surface area contributed by atoms with Crippen molar-refractivity contribution in [2.24, 2.45) is 0 Å². The van der Waals surface area contributed by atoms with Crippen LogP contribution in [-0.4, -0.2) is 21.1 Å². The summed E-state index contributed by atoms with van der Waals surface area (Å²) in [5.41, 5.74) is 3.25. The van der Waals surface area contributed by atoms with Crippen molar-refractivity contribution in [3.05, 3.63) is 57.5 Å². The van der Waals surface area contributed by atoms with Gasteiger partial charge in [-0.2, -0.15) is 5.26 Å². The number of aromatic nitrogens is 2. The Morgan fingerprint density at radius 1 is 1.27 bits per heavy atom. The topological polar surface area (TPSA) is 78.7 Å². The number of hydrogen-bond acceptors (Lipinski definition) is 6. The molecular weight excluding hydrogens is 480 g/mol. The Morgan fingerprint density at radius 2 is 2.03 bits per heavy atom. The smallest absolute Gasteiger partial charge is 0.239 e. The first-order chi connectivity index (χ1) is 14.5. The highest BCUT2D eigenvalue weighted by molar-refractivity contribution is 9.10. The lowest BCUT2D eigenvalue weighted by molar-refractivity contribution is -0.115. The first-order valence-corrected chi connectivity index (χ1v) is 12.1. The molecule has 3 aromatic rings. The van der Waals surface area contributed by atoms with Crippen molar-refractivity contribution in [1.29, 1.82) is 5.26 Å². The predicted molar refractivity (Wildman–Crippen MR) is 127 cm³/mol. The third-order valence-corrected chi connectivity index (χ3v) is 6.75. The molecule has 0 spiro atoms. The average Bonchev–Trinajstić information content (AvgIpc) is 3.21. The molecule has 154 valence electrons. The Balaban J connectivity index is 1.66. The molecule has 0 radical (unpaired) electrons. The molecule has 2 heterocycles. The lowest BCUT2D eigenvalue weighted by Crippen LogP contribution is -2.22. The van der Waals surface area contributed by atoms with Crippen LogP contribution >= 0.6 is 39.0 Å². The number of rotatable bonds is 8. The van der Waals surface area contributed by atoms with Gasteiger partial charge in [0.1, 0.15) is 11.1 Å². The minimum Gasteiger partial charge on any atom is -0.301 e. The fraction of sp³-hybridized carbons (Fsp3) is 0.273. The van der Waals surface area contributed by atoms with Crippen LogP contribution in [0.15, 0.2) is 51.3 Å². The Kier molecular flexibility index (Phi) is 8.02. The molecular formula is C22H21BrN4OS2. The minimum absolute atomic E-state index is 0.165. The number of anilines is 1. The second-order valence-electron chi connectivity index (χ2n) is 6.66. The molecule has 0 fully saturated rings. The summed E-state index contributed by atoms with van der Waals surface area (Å²) in [6.07, 6.45) is 3.00. The highest BCUT2D eigenvalue weighted by atomic mass is 79.9. The lowest BCUT2D eigenvalue weighted by Gasteiger charge is -2.12. The third kappa shape index (κ3) is 5.91. The maximum absolute atomic E-state index is 12.7. The zero-order valence-corrected chi connectivity index (χ0v) is 19.9. The van der Waals surface area contributed by atoms with Crippen molar-refractivity contribution in [3.8, 4) is 17.3 Å². The number of halogens is 1. The summed E-state index contributed by atoms with van der Waals surface area (Å²) in [5, 5.41) is 14.9. The van der Waals surface area contributed by atoms with Gasteiger partial charge in [0.15, 0.2) is 5.13 Å². The molecule has 0 saturated heterocycles. The standard InChI is InChI=1S/C22H21BrN4OS2/c1-3-4-5-18-11-8-16(12-24)21(25-18)30-14(2)20(28)27-22-26-19(13-29-22)15-6-9-17(23)10-7-15/h6-11,13-14H,3-5H2,1-2H3,(H,26,27,28). The summed E-state index contributed by atoms with van der Waals surface area (Å²) in [4.78, 5) is 21.8. The van der Waals surface area contributed by atoms with E-state index < -0.39 is 5.25 Å². The number of nitrogens with one attached hydrogen (secondary N) is 1. The number of thiazole rings is 1. The maximum Gasteiger partial charge on any atom is 0.239 e. The van der Waals surface area contributed by atoms with Crippen LogP contribution < -0.4 is 5.32 Å². The van der Waals surface area contributed by atoms with Crippen molar-refractivity contribution in [2.75, 3.05) is 5.32 Å². The van der Waals surface area contributed by atoms with E-state index in [1.54, 1.807) is 6.07 Å². The number of unbranched alkanes of at least 4 members (excludes halogenated alkanes) is 1. The summed E-state index contributed by atoms with van der Waals surface area (Å²) in [5.74, 6) is -0.165. The Bertz CT molecular complexity index is 1060. The number of aryl methyl sites for hydroxylation is 1. The molecule has 3 rings (SSSR count). The van der Waals surface area contributed by atoms with Crippen LogP contribution in [0.4, 0.5) is 5.13 Å². The normalized spacial score (nSPS) is 11.7. The van der Waals surface area contributed by atoms with E-state index in [0.29, 0.717) is 15.7 Å². The second kappa shape index (κ2) is 10.7. The number of pyridine rings is 1. The Labute approximate surface area is 193 Å². The van der Waals surface area contributed by atoms with E-state index in [0.717, 1.165) is 40.7 Å². The van der Waals surface area contributed by atoms with Crippen molar-refractivity contribution in [1.82, 2.24) is 9.97 Å². The molecule has 1 unspecified atom stereocenters. The highest BCUT2D eigenvalue weighted by Crippen LogP contribution is 2.29. The van der Waals surface area contributed by atoms with E-state index in [2.05, 4.69) is 44.2 Å². The summed E-state index contributed by atoms with van der Waals surface area (Å²) in [6.45, 7) is 3.94. The largest absolute Gasteiger partial charge is 0.301 e. The van der Waals surface area contributed by atoms with Gasteiger partial charge in [0, 0.05) is 21.1 Å². The van der Waals surface area contributed by atoms with Crippen LogP contribution in [0.25, 0.3) is 11.3 Å². The van der Waals surface area contributed by atoms with Gasteiger partial charge in [0.25, 0.3) is 0 Å². The molecule has 0 bridgehead atoms. The number of carbonyl (C=O) groups excluding carboxylic acids is 1. The molecule has 30 heavy (non-hydrogen) atoms. The second-order valence-corrected chi connectivity index (χ2v) is 9.77. The highest BCUT2D eigenvalue weighted by Gasteiger charge is 2.19. The molecule has 1 aromatic carbocycles.